The number of phenolic OH excluding ortho intramolecular Hbond substituents is 1. The monoisotopic (exact) mass is 266 g/mol. The minimum absolute atomic E-state index is 0.0451. The van der Waals surface area contributed by atoms with Crippen LogP contribution in [-0.2, 0) is 4.79 Å². The number of hydrogen-bond acceptors (Lipinski definition) is 6. The lowest BCUT2D eigenvalue weighted by Crippen LogP contribution is -2.34. The molecule has 2 rings (SSSR count). The van der Waals surface area contributed by atoms with E-state index in [0.717, 1.165) is 19.4 Å². The summed E-state index contributed by atoms with van der Waals surface area (Å²) in [7, 11) is 0. The number of aliphatic hydroxyl groups is 1. The number of hydrogen-bond donors (Lipinski definition) is 4. The van der Waals surface area contributed by atoms with Crippen LogP contribution in [0.3, 0.4) is 0 Å². The highest BCUT2D eigenvalue weighted by atomic mass is 16.5. The molecule has 1 heterocycles. The molecule has 0 aromatic heterocycles. The van der Waals surface area contributed by atoms with E-state index in [1.807, 2.05) is 0 Å². The van der Waals surface area contributed by atoms with Gasteiger partial charge in [0.05, 0.1) is 6.10 Å². The largest absolute Gasteiger partial charge is 0.504 e. The molecule has 1 fully saturated rings. The van der Waals surface area contributed by atoms with Gasteiger partial charge in [-0.25, -0.2) is 4.79 Å². The molecule has 6 nitrogen and oxygen atoms in total. The van der Waals surface area contributed by atoms with Crippen LogP contribution in [0, 0.1) is 0 Å². The van der Waals surface area contributed by atoms with Crippen molar-refractivity contribution in [2.24, 2.45) is 5.73 Å². The maximum Gasteiger partial charge on any atom is 0.328 e. The van der Waals surface area contributed by atoms with Crippen LogP contribution in [0.2, 0.25) is 0 Å². The van der Waals surface area contributed by atoms with Crippen LogP contribution >= 0.6 is 0 Å². The van der Waals surface area contributed by atoms with Crippen molar-refractivity contribution in [1.82, 2.24) is 5.32 Å². The minimum atomic E-state index is -0.845. The number of nitrogens with two attached hydrogens (primary N) is 1. The van der Waals surface area contributed by atoms with Crippen molar-refractivity contribution in [3.05, 3.63) is 23.8 Å². The number of nitrogens with one attached hydrogen (secondary N) is 1. The lowest BCUT2D eigenvalue weighted by molar-refractivity contribution is -0.136. The highest BCUT2D eigenvalue weighted by Gasteiger charge is 2.25. The Hall–Kier alpha value is -1.63. The highest BCUT2D eigenvalue weighted by Crippen LogP contribution is 2.29. The molecule has 1 aliphatic heterocycles. The van der Waals surface area contributed by atoms with Gasteiger partial charge in [-0.15, -0.1) is 0 Å². The number of aromatic hydroxyl groups is 1. The summed E-state index contributed by atoms with van der Waals surface area (Å²) < 4.78 is 5.16. The third-order valence-electron chi connectivity index (χ3n) is 3.15. The first-order valence-corrected chi connectivity index (χ1v) is 6.28. The highest BCUT2D eigenvalue weighted by molar-refractivity contribution is 5.79. The van der Waals surface area contributed by atoms with Crippen molar-refractivity contribution in [2.45, 2.75) is 25.0 Å². The van der Waals surface area contributed by atoms with Gasteiger partial charge in [-0.3, -0.25) is 0 Å². The third kappa shape index (κ3) is 3.23. The molecule has 0 aliphatic carbocycles. The topological polar surface area (TPSA) is 105 Å². The van der Waals surface area contributed by atoms with Crippen LogP contribution in [0.5, 0.6) is 11.5 Å². The SMILES string of the molecule is NCC(O)c1ccc(O)c(OC(=O)[C@@H]2CCCN2)c1. The lowest BCUT2D eigenvalue weighted by Gasteiger charge is -2.13. The summed E-state index contributed by atoms with van der Waals surface area (Å²) in [4.78, 5) is 11.8. The summed E-state index contributed by atoms with van der Waals surface area (Å²) in [5, 5.41) is 22.3. The summed E-state index contributed by atoms with van der Waals surface area (Å²) in [6, 6.07) is 4.01. The second kappa shape index (κ2) is 6.01. The van der Waals surface area contributed by atoms with Gasteiger partial charge in [0.15, 0.2) is 11.5 Å². The molecule has 1 aromatic rings. The number of carbonyl (C=O) groups excluding carboxylic acids is 1. The molecule has 0 saturated carbocycles. The molecule has 2 atom stereocenters. The number of carbonyl (C=O) groups is 1. The molecule has 0 spiro atoms. The fraction of sp³-hybridized carbons (Fsp3) is 0.462. The van der Waals surface area contributed by atoms with E-state index in [9.17, 15) is 15.0 Å². The molecule has 5 N–H and O–H groups in total. The zero-order valence-corrected chi connectivity index (χ0v) is 10.5. The van der Waals surface area contributed by atoms with Crippen LogP contribution in [-0.4, -0.2) is 35.3 Å². The molecular formula is C13H18N2O4. The molecule has 1 saturated heterocycles. The van der Waals surface area contributed by atoms with Crippen LogP contribution in [0.15, 0.2) is 18.2 Å². The van der Waals surface area contributed by atoms with E-state index >= 15 is 0 Å². The molecule has 0 radical (unpaired) electrons. The van der Waals surface area contributed by atoms with Crippen molar-refractivity contribution < 1.29 is 19.7 Å². The van der Waals surface area contributed by atoms with Gasteiger partial charge in [-0.05, 0) is 37.1 Å². The Morgan fingerprint density at radius 2 is 2.37 bits per heavy atom. The van der Waals surface area contributed by atoms with Gasteiger partial charge in [0.25, 0.3) is 0 Å². The molecule has 1 aliphatic rings. The van der Waals surface area contributed by atoms with Gasteiger partial charge >= 0.3 is 5.97 Å². The first-order valence-electron chi connectivity index (χ1n) is 6.28. The van der Waals surface area contributed by atoms with E-state index in [1.165, 1.54) is 18.2 Å². The average Bonchev–Trinajstić information content (AvgIpc) is 2.94. The zero-order valence-electron chi connectivity index (χ0n) is 10.5. The van der Waals surface area contributed by atoms with E-state index in [0.29, 0.717) is 5.56 Å². The van der Waals surface area contributed by atoms with E-state index < -0.39 is 12.1 Å². The minimum Gasteiger partial charge on any atom is -0.504 e. The normalized spacial score (nSPS) is 20.2. The third-order valence-corrected chi connectivity index (χ3v) is 3.15. The zero-order chi connectivity index (χ0) is 13.8. The van der Waals surface area contributed by atoms with E-state index in [2.05, 4.69) is 5.32 Å². The maximum absolute atomic E-state index is 11.8. The molecule has 1 unspecified atom stereocenters. The van der Waals surface area contributed by atoms with Gasteiger partial charge in [-0.2, -0.15) is 0 Å². The van der Waals surface area contributed by atoms with Gasteiger partial charge < -0.3 is 26.0 Å². The molecule has 0 bridgehead atoms. The molecular weight excluding hydrogens is 248 g/mol. The summed E-state index contributed by atoms with van der Waals surface area (Å²) in [6.45, 7) is 0.847. The maximum atomic E-state index is 11.8. The Balaban J connectivity index is 2.12. The van der Waals surface area contributed by atoms with E-state index in [-0.39, 0.29) is 24.1 Å². The van der Waals surface area contributed by atoms with Crippen molar-refractivity contribution in [3.63, 3.8) is 0 Å². The molecule has 104 valence electrons. The van der Waals surface area contributed by atoms with E-state index in [4.69, 9.17) is 10.5 Å². The molecule has 6 heteroatoms. The lowest BCUT2D eigenvalue weighted by atomic mass is 10.1. The number of ether oxygens (including phenoxy) is 1. The number of phenols is 1. The Labute approximate surface area is 111 Å². The Morgan fingerprint density at radius 1 is 1.58 bits per heavy atom. The fourth-order valence-corrected chi connectivity index (χ4v) is 2.02. The Bertz CT molecular complexity index is 458. The summed E-state index contributed by atoms with van der Waals surface area (Å²) in [6.07, 6.45) is 0.810. The van der Waals surface area contributed by atoms with Gasteiger partial charge in [-0.1, -0.05) is 6.07 Å². The van der Waals surface area contributed by atoms with Crippen molar-refractivity contribution in [1.29, 1.82) is 0 Å². The van der Waals surface area contributed by atoms with Gasteiger partial charge in [0.2, 0.25) is 0 Å². The van der Waals surface area contributed by atoms with Gasteiger partial charge in [0, 0.05) is 6.54 Å². The van der Waals surface area contributed by atoms with Crippen LogP contribution in [0.25, 0.3) is 0 Å². The van der Waals surface area contributed by atoms with Crippen LogP contribution in [0.4, 0.5) is 0 Å². The Morgan fingerprint density at radius 3 is 3.00 bits per heavy atom. The summed E-state index contributed by atoms with van der Waals surface area (Å²) in [5.74, 6) is -0.518. The second-order valence-corrected chi connectivity index (χ2v) is 4.55. The second-order valence-electron chi connectivity index (χ2n) is 4.55. The number of rotatable bonds is 4. The first-order chi connectivity index (χ1) is 9.11. The predicted octanol–water partition coefficient (Wildman–Crippen LogP) is 0.0417. The fourth-order valence-electron chi connectivity index (χ4n) is 2.02. The number of aliphatic hydroxyl groups excluding tert-OH is 1. The average molecular weight is 266 g/mol. The van der Waals surface area contributed by atoms with Crippen molar-refractivity contribution in [2.75, 3.05) is 13.1 Å². The van der Waals surface area contributed by atoms with Gasteiger partial charge in [0.1, 0.15) is 6.04 Å². The van der Waals surface area contributed by atoms with Crippen LogP contribution < -0.4 is 15.8 Å². The molecule has 1 aromatic carbocycles. The molecule has 19 heavy (non-hydrogen) atoms. The first kappa shape index (κ1) is 13.8. The quantitative estimate of drug-likeness (QED) is 0.453. The molecule has 0 amide bonds. The van der Waals surface area contributed by atoms with Crippen molar-refractivity contribution >= 4 is 5.97 Å². The summed E-state index contributed by atoms with van der Waals surface area (Å²) >= 11 is 0. The number of esters is 1. The predicted molar refractivity (Wildman–Crippen MR) is 68.8 cm³/mol. The number of benzene rings is 1. The summed E-state index contributed by atoms with van der Waals surface area (Å²) in [5.41, 5.74) is 5.87. The standard InChI is InChI=1S/C13H18N2O4/c14-7-11(17)8-3-4-10(16)12(6-8)19-13(18)9-2-1-5-15-9/h3-4,6,9,11,15-17H,1-2,5,7,14H2/t9-,11?/m0/s1. The Kier molecular flexibility index (Phi) is 4.36. The van der Waals surface area contributed by atoms with E-state index in [1.54, 1.807) is 0 Å². The van der Waals surface area contributed by atoms with Crippen molar-refractivity contribution in [3.8, 4) is 11.5 Å². The smallest absolute Gasteiger partial charge is 0.328 e. The van der Waals surface area contributed by atoms with Crippen LogP contribution in [0.1, 0.15) is 24.5 Å².